The van der Waals surface area contributed by atoms with E-state index in [-0.39, 0.29) is 19.1 Å². The maximum atomic E-state index is 12.0. The fraction of sp³-hybridized carbons (Fsp3) is 0.263. The fourth-order valence-electron chi connectivity index (χ4n) is 2.47. The number of nitrogens with one attached hydrogen (secondary N) is 1. The molecule has 2 aromatic carbocycles. The predicted molar refractivity (Wildman–Crippen MR) is 98.4 cm³/mol. The number of aryl methyl sites for hydroxylation is 1. The van der Waals surface area contributed by atoms with Crippen molar-refractivity contribution in [3.63, 3.8) is 0 Å². The highest BCUT2D eigenvalue weighted by Crippen LogP contribution is 2.35. The van der Waals surface area contributed by atoms with Gasteiger partial charge in [-0.15, -0.1) is 0 Å². The first kappa shape index (κ1) is 18.3. The van der Waals surface area contributed by atoms with Crippen LogP contribution in [0.25, 0.3) is 0 Å². The Hall–Kier alpha value is -2.54. The lowest BCUT2D eigenvalue weighted by Crippen LogP contribution is -2.30. The molecule has 6 nitrogen and oxygen atoms in total. The van der Waals surface area contributed by atoms with Crippen LogP contribution in [0.3, 0.4) is 0 Å². The van der Waals surface area contributed by atoms with E-state index in [0.29, 0.717) is 30.3 Å². The zero-order valence-electron chi connectivity index (χ0n) is 14.2. The second kappa shape index (κ2) is 8.23. The van der Waals surface area contributed by atoms with E-state index in [1.807, 2.05) is 13.0 Å². The summed E-state index contributed by atoms with van der Waals surface area (Å²) >= 11 is 3.43. The average Bonchev–Trinajstić information content (AvgIpc) is 2.64. The Labute approximate surface area is 159 Å². The molecule has 3 rings (SSSR count). The van der Waals surface area contributed by atoms with Gasteiger partial charge in [0.25, 0.3) is 5.91 Å². The number of ether oxygens (including phenoxy) is 3. The van der Waals surface area contributed by atoms with Gasteiger partial charge in [0.15, 0.2) is 11.5 Å². The van der Waals surface area contributed by atoms with Gasteiger partial charge in [-0.1, -0.05) is 33.6 Å². The molecule has 0 aliphatic carbocycles. The third-order valence-corrected chi connectivity index (χ3v) is 4.51. The second-order valence-corrected chi connectivity index (χ2v) is 6.65. The molecule has 0 aromatic heterocycles. The standard InChI is InChI=1S/C19H18BrNO5/c1-12-3-2-4-13(7-12)19(23)21-10-18(22)26-11-14-8-16-17(9-15(14)20)25-6-5-24-16/h2-4,7-9H,5-6,10-11H2,1H3,(H,21,23). The molecule has 0 saturated carbocycles. The van der Waals surface area contributed by atoms with Crippen molar-refractivity contribution in [1.29, 1.82) is 0 Å². The Morgan fingerprint density at radius 3 is 2.62 bits per heavy atom. The molecule has 0 fully saturated rings. The van der Waals surface area contributed by atoms with Crippen molar-refractivity contribution in [1.82, 2.24) is 5.32 Å². The van der Waals surface area contributed by atoms with Gasteiger partial charge in [0.2, 0.25) is 0 Å². The van der Waals surface area contributed by atoms with Crippen LogP contribution >= 0.6 is 15.9 Å². The summed E-state index contributed by atoms with van der Waals surface area (Å²) in [5, 5.41) is 2.56. The minimum absolute atomic E-state index is 0.0658. The van der Waals surface area contributed by atoms with Crippen molar-refractivity contribution in [2.24, 2.45) is 0 Å². The first-order valence-electron chi connectivity index (χ1n) is 8.11. The second-order valence-electron chi connectivity index (χ2n) is 5.80. The van der Waals surface area contributed by atoms with Gasteiger partial charge in [0.05, 0.1) is 0 Å². The van der Waals surface area contributed by atoms with Gasteiger partial charge in [-0.2, -0.15) is 0 Å². The minimum Gasteiger partial charge on any atom is -0.486 e. The zero-order chi connectivity index (χ0) is 18.5. The molecule has 0 spiro atoms. The van der Waals surface area contributed by atoms with E-state index in [1.54, 1.807) is 30.3 Å². The van der Waals surface area contributed by atoms with Crippen molar-refractivity contribution < 1.29 is 23.8 Å². The normalized spacial score (nSPS) is 12.4. The topological polar surface area (TPSA) is 73.9 Å². The van der Waals surface area contributed by atoms with Crippen LogP contribution in [0.5, 0.6) is 11.5 Å². The van der Waals surface area contributed by atoms with E-state index < -0.39 is 5.97 Å². The number of carbonyl (C=O) groups excluding carboxylic acids is 2. The van der Waals surface area contributed by atoms with E-state index in [0.717, 1.165) is 15.6 Å². The summed E-state index contributed by atoms with van der Waals surface area (Å²) in [4.78, 5) is 23.9. The van der Waals surface area contributed by atoms with Crippen LogP contribution in [0.4, 0.5) is 0 Å². The van der Waals surface area contributed by atoms with Crippen molar-refractivity contribution in [3.8, 4) is 11.5 Å². The maximum Gasteiger partial charge on any atom is 0.325 e. The van der Waals surface area contributed by atoms with Crippen LogP contribution in [-0.2, 0) is 16.1 Å². The molecule has 1 N–H and O–H groups in total. The lowest BCUT2D eigenvalue weighted by molar-refractivity contribution is -0.143. The van der Waals surface area contributed by atoms with Gasteiger partial charge in [-0.05, 0) is 31.2 Å². The van der Waals surface area contributed by atoms with E-state index in [4.69, 9.17) is 14.2 Å². The quantitative estimate of drug-likeness (QED) is 0.753. The number of benzene rings is 2. The highest BCUT2D eigenvalue weighted by Gasteiger charge is 2.16. The summed E-state index contributed by atoms with van der Waals surface area (Å²) in [6.07, 6.45) is 0. The van der Waals surface area contributed by atoms with E-state index in [1.165, 1.54) is 0 Å². The Bertz CT molecular complexity index is 837. The lowest BCUT2D eigenvalue weighted by atomic mass is 10.1. The predicted octanol–water partition coefficient (Wildman–Crippen LogP) is 3.00. The number of fused-ring (bicyclic) bond motifs is 1. The molecule has 1 aliphatic rings. The minimum atomic E-state index is -0.521. The lowest BCUT2D eigenvalue weighted by Gasteiger charge is -2.19. The van der Waals surface area contributed by atoms with Crippen LogP contribution in [0.15, 0.2) is 40.9 Å². The molecule has 0 bridgehead atoms. The summed E-state index contributed by atoms with van der Waals surface area (Å²) in [7, 11) is 0. The average molecular weight is 420 g/mol. The van der Waals surface area contributed by atoms with Crippen molar-refractivity contribution in [2.75, 3.05) is 19.8 Å². The molecule has 136 valence electrons. The van der Waals surface area contributed by atoms with Gasteiger partial charge in [-0.25, -0.2) is 0 Å². The number of rotatable bonds is 5. The summed E-state index contributed by atoms with van der Waals surface area (Å²) in [6, 6.07) is 10.7. The third kappa shape index (κ3) is 4.54. The van der Waals surface area contributed by atoms with Gasteiger partial charge >= 0.3 is 5.97 Å². The van der Waals surface area contributed by atoms with Crippen LogP contribution in [0.1, 0.15) is 21.5 Å². The number of hydrogen-bond acceptors (Lipinski definition) is 5. The highest BCUT2D eigenvalue weighted by atomic mass is 79.9. The third-order valence-electron chi connectivity index (χ3n) is 3.77. The highest BCUT2D eigenvalue weighted by molar-refractivity contribution is 9.10. The monoisotopic (exact) mass is 419 g/mol. The molecule has 0 unspecified atom stereocenters. The number of esters is 1. The molecule has 0 saturated heterocycles. The Kier molecular flexibility index (Phi) is 5.78. The Balaban J connectivity index is 1.52. The van der Waals surface area contributed by atoms with Crippen LogP contribution < -0.4 is 14.8 Å². The molecule has 0 atom stereocenters. The molecule has 1 aliphatic heterocycles. The smallest absolute Gasteiger partial charge is 0.325 e. The Morgan fingerprint density at radius 2 is 1.88 bits per heavy atom. The maximum absolute atomic E-state index is 12.0. The molecule has 1 amide bonds. The molecular formula is C19H18BrNO5. The van der Waals surface area contributed by atoms with E-state index in [9.17, 15) is 9.59 Å². The van der Waals surface area contributed by atoms with E-state index >= 15 is 0 Å². The number of halogens is 1. The zero-order valence-corrected chi connectivity index (χ0v) is 15.8. The van der Waals surface area contributed by atoms with Crippen molar-refractivity contribution in [2.45, 2.75) is 13.5 Å². The van der Waals surface area contributed by atoms with Crippen LogP contribution in [0.2, 0.25) is 0 Å². The Morgan fingerprint density at radius 1 is 1.15 bits per heavy atom. The van der Waals surface area contributed by atoms with Crippen LogP contribution in [0, 0.1) is 6.92 Å². The van der Waals surface area contributed by atoms with Crippen LogP contribution in [-0.4, -0.2) is 31.6 Å². The fourth-order valence-corrected chi connectivity index (χ4v) is 2.90. The van der Waals surface area contributed by atoms with Crippen molar-refractivity contribution in [3.05, 3.63) is 57.6 Å². The van der Waals surface area contributed by atoms with Gasteiger partial charge < -0.3 is 19.5 Å². The van der Waals surface area contributed by atoms with Gasteiger partial charge in [0.1, 0.15) is 26.4 Å². The van der Waals surface area contributed by atoms with Gasteiger partial charge in [-0.3, -0.25) is 9.59 Å². The molecule has 1 heterocycles. The molecule has 7 heteroatoms. The summed E-state index contributed by atoms with van der Waals surface area (Å²) < 4.78 is 17.0. The summed E-state index contributed by atoms with van der Waals surface area (Å²) in [5.41, 5.74) is 2.24. The summed E-state index contributed by atoms with van der Waals surface area (Å²) in [5.74, 6) is 0.445. The number of amides is 1. The molecule has 26 heavy (non-hydrogen) atoms. The first-order chi connectivity index (χ1) is 12.5. The van der Waals surface area contributed by atoms with E-state index in [2.05, 4.69) is 21.2 Å². The molecule has 0 radical (unpaired) electrons. The number of hydrogen-bond donors (Lipinski definition) is 1. The first-order valence-corrected chi connectivity index (χ1v) is 8.91. The largest absolute Gasteiger partial charge is 0.486 e. The number of carbonyl (C=O) groups is 2. The SMILES string of the molecule is Cc1cccc(C(=O)NCC(=O)OCc2cc3c(cc2Br)OCCO3)c1. The molecule has 2 aromatic rings. The summed E-state index contributed by atoms with van der Waals surface area (Å²) in [6.45, 7) is 2.76. The van der Waals surface area contributed by atoms with Crippen molar-refractivity contribution >= 4 is 27.8 Å². The molecular weight excluding hydrogens is 402 g/mol. The van der Waals surface area contributed by atoms with Gasteiger partial charge in [0, 0.05) is 15.6 Å².